The first kappa shape index (κ1) is 97.2. The van der Waals surface area contributed by atoms with Crippen LogP contribution < -0.4 is 10.6 Å². The van der Waals surface area contributed by atoms with E-state index in [9.17, 15) is 34.2 Å². The van der Waals surface area contributed by atoms with Gasteiger partial charge in [0.15, 0.2) is 5.78 Å². The number of aliphatic imine (C=N–C) groups is 6. The molecule has 1 saturated carbocycles. The summed E-state index contributed by atoms with van der Waals surface area (Å²) in [7, 11) is 2.61. The summed E-state index contributed by atoms with van der Waals surface area (Å²) in [6.07, 6.45) is 49.0. The third kappa shape index (κ3) is 23.2. The first-order valence-corrected chi connectivity index (χ1v) is 47.4. The van der Waals surface area contributed by atoms with Crippen LogP contribution in [0.15, 0.2) is 263 Å². The number of rotatable bonds is 40. The molecule has 2 aliphatic carbocycles. The average Bonchev–Trinajstić information content (AvgIpc) is 1.57. The molecule has 0 spiro atoms. The van der Waals surface area contributed by atoms with E-state index < -0.39 is 29.6 Å². The Labute approximate surface area is 756 Å². The number of fused-ring (bicyclic) bond motifs is 10. The van der Waals surface area contributed by atoms with E-state index in [1.165, 1.54) is 115 Å². The highest BCUT2D eigenvalue weighted by Crippen LogP contribution is 2.50. The molecule has 10 atom stereocenters. The second-order valence-electron chi connectivity index (χ2n) is 38.1. The van der Waals surface area contributed by atoms with E-state index in [0.717, 1.165) is 147 Å². The van der Waals surface area contributed by atoms with Crippen LogP contribution in [-0.2, 0) is 42.9 Å². The third-order valence-electron chi connectivity index (χ3n) is 27.7. The van der Waals surface area contributed by atoms with E-state index in [1.54, 1.807) is 18.2 Å². The van der Waals surface area contributed by atoms with Crippen molar-refractivity contribution in [3.8, 4) is 0 Å². The highest BCUT2D eigenvalue weighted by molar-refractivity contribution is 6.42. The van der Waals surface area contributed by atoms with Gasteiger partial charge < -0.3 is 39.8 Å². The molecule has 0 radical (unpaired) electrons. The lowest BCUT2D eigenvalue weighted by atomic mass is 9.84. The third-order valence-corrected chi connectivity index (χ3v) is 27.7. The Morgan fingerprint density at radius 3 is 1.38 bits per heavy atom. The van der Waals surface area contributed by atoms with Crippen molar-refractivity contribution in [1.29, 1.82) is 0 Å². The fraction of sp³-hybridized carbons (Fsp3) is 0.528. The van der Waals surface area contributed by atoms with Crippen LogP contribution in [-0.4, -0.2) is 102 Å². The lowest BCUT2D eigenvalue weighted by Gasteiger charge is -2.20. The molecule has 3 fully saturated rings. The average molecular weight is 1730 g/mol. The Morgan fingerprint density at radius 1 is 0.496 bits per heavy atom. The molecule has 16 bridgehead atoms. The SMILES string of the molecule is C=CC1=C(C)C2=NC1=CC1=NC(=C(CC)/C1=C/O)C=C1C=C3C(=O)C(C(=O)OC)C(=C4NC(=C2)C(C)C4CCC(=O)OCC=C(C)CCCC(C)CCCC(C)CCCC(C)C)C3=N1.C=CC1=C(C)C2=NC1=CC1=NC(=CC3=CC4=C(O)C(C(=O)OC)C(=C5NC(=C2)C(C)C5CCC(=O)OCC=C(C)CCCC(C)CCCC(C)CCCC(C)C)C4=N3)C(CC)=C1C. The van der Waals surface area contributed by atoms with Gasteiger partial charge in [-0.25, -0.2) is 30.0 Å². The predicted octanol–water partition coefficient (Wildman–Crippen LogP) is 24.3. The zero-order chi connectivity index (χ0) is 91.8. The molecule has 0 aromatic rings. The van der Waals surface area contributed by atoms with Gasteiger partial charge in [0.1, 0.15) is 30.8 Å². The first-order chi connectivity index (χ1) is 60.8. The zero-order valence-electron chi connectivity index (χ0n) is 79.5. The van der Waals surface area contributed by atoms with Crippen molar-refractivity contribution in [2.75, 3.05) is 27.4 Å². The summed E-state index contributed by atoms with van der Waals surface area (Å²) in [5.74, 6) is -0.761. The Bertz CT molecular complexity index is 5180. The van der Waals surface area contributed by atoms with Gasteiger partial charge in [0.05, 0.1) is 88.9 Å². The fourth-order valence-electron chi connectivity index (χ4n) is 19.8. The molecule has 0 aromatic heterocycles. The minimum Gasteiger partial charge on any atom is -0.515 e. The second-order valence-corrected chi connectivity index (χ2v) is 38.1. The Morgan fingerprint density at radius 2 is 0.921 bits per heavy atom. The molecule has 680 valence electrons. The summed E-state index contributed by atoms with van der Waals surface area (Å²) < 4.78 is 22.1. The summed E-state index contributed by atoms with van der Waals surface area (Å²) >= 11 is 0. The number of ether oxygens (including phenoxy) is 4. The smallest absolute Gasteiger partial charge is 0.321 e. The van der Waals surface area contributed by atoms with Gasteiger partial charge in [-0.15, -0.1) is 0 Å². The Hall–Kier alpha value is -10.4. The fourth-order valence-corrected chi connectivity index (χ4v) is 19.8. The monoisotopic (exact) mass is 1730 g/mol. The number of aliphatic hydroxyl groups excluding tert-OH is 2. The van der Waals surface area contributed by atoms with Gasteiger partial charge in [-0.05, 0) is 210 Å². The van der Waals surface area contributed by atoms with Crippen LogP contribution >= 0.6 is 0 Å². The number of nitrogens with one attached hydrogen (secondary N) is 2. The number of allylic oxidation sites excluding steroid dienone is 24. The molecule has 19 heteroatoms. The Kier molecular flexibility index (Phi) is 34.1. The summed E-state index contributed by atoms with van der Waals surface area (Å²) in [6, 6.07) is 0. The molecular formula is C108H142N8O11. The van der Waals surface area contributed by atoms with E-state index in [1.807, 2.05) is 69.4 Å². The minimum atomic E-state index is -1.22. The van der Waals surface area contributed by atoms with Crippen molar-refractivity contribution in [3.63, 3.8) is 0 Å². The van der Waals surface area contributed by atoms with Crippen LogP contribution in [0.25, 0.3) is 0 Å². The van der Waals surface area contributed by atoms with Crippen LogP contribution in [0.1, 0.15) is 272 Å². The number of Topliss-reactive ketones (excluding diaryl/α,β-unsaturated/α-hetero) is 1. The van der Waals surface area contributed by atoms with Crippen molar-refractivity contribution >= 4 is 63.9 Å². The molecule has 0 aromatic carbocycles. The summed E-state index contributed by atoms with van der Waals surface area (Å²) in [4.78, 5) is 98.1. The molecule has 12 rings (SSSR count). The van der Waals surface area contributed by atoms with Crippen LogP contribution in [0.2, 0.25) is 0 Å². The number of carbonyl (C=O) groups is 5. The molecular weight excluding hydrogens is 1590 g/mol. The molecule has 4 N–H and O–H groups in total. The van der Waals surface area contributed by atoms with Crippen molar-refractivity contribution < 1.29 is 53.1 Å². The van der Waals surface area contributed by atoms with E-state index in [0.29, 0.717) is 104 Å². The maximum absolute atomic E-state index is 14.2. The molecule has 10 aliphatic heterocycles. The largest absolute Gasteiger partial charge is 0.515 e. The van der Waals surface area contributed by atoms with Gasteiger partial charge in [-0.1, -0.05) is 209 Å². The zero-order valence-corrected chi connectivity index (χ0v) is 79.5. The lowest BCUT2D eigenvalue weighted by molar-refractivity contribution is -0.147. The molecule has 12 aliphatic rings. The second kappa shape index (κ2) is 44.5. The van der Waals surface area contributed by atoms with Gasteiger partial charge in [-0.3, -0.25) is 24.0 Å². The van der Waals surface area contributed by atoms with Crippen molar-refractivity contribution in [1.82, 2.24) is 10.6 Å². The first-order valence-electron chi connectivity index (χ1n) is 47.4. The van der Waals surface area contributed by atoms with Crippen molar-refractivity contribution in [2.45, 2.75) is 272 Å². The highest BCUT2D eigenvalue weighted by Gasteiger charge is 2.52. The number of methoxy groups -OCH3 is 2. The maximum Gasteiger partial charge on any atom is 0.321 e. The van der Waals surface area contributed by atoms with Crippen LogP contribution in [0.4, 0.5) is 0 Å². The van der Waals surface area contributed by atoms with E-state index in [2.05, 4.69) is 127 Å². The molecule has 10 heterocycles. The Balaban J connectivity index is 0.000000246. The number of esters is 4. The number of hydrogen-bond acceptors (Lipinski definition) is 19. The summed E-state index contributed by atoms with van der Waals surface area (Å²) in [5, 5.41) is 29.4. The molecule has 2 saturated heterocycles. The van der Waals surface area contributed by atoms with E-state index in [-0.39, 0.29) is 67.4 Å². The maximum atomic E-state index is 14.2. The molecule has 10 unspecified atom stereocenters. The number of ketones is 1. The summed E-state index contributed by atoms with van der Waals surface area (Å²) in [5.41, 5.74) is 22.5. The molecule has 19 nitrogen and oxygen atoms in total. The molecule has 127 heavy (non-hydrogen) atoms. The number of hydrogen-bond donors (Lipinski definition) is 4. The van der Waals surface area contributed by atoms with Crippen LogP contribution in [0.3, 0.4) is 0 Å². The number of carbonyl (C=O) groups excluding carboxylic acids is 5. The standard InChI is InChI=1S/C54H70N4O6.C54H72N4O5/c1-11-38-35(8)43-28-44-36(9)40(22-23-48(60)64-25-24-34(7)21-15-20-33(6)19-14-18-32(5)17-13-16-31(3)4)51(58-44)49-50(54(62)63-10)53(61)41-26-37(55-52(41)49)27-45-39(12-2)42(30-59)47(57-45)29-46(38)56-43;1-12-39-35(8)44-30-47-40(13-2)36(9)43(57-47)29-45-37(10)41(51(58-45)49-50(54(61)62-11)53(60)42-27-38(55-52(42)49)28-46(39)56-44)23-24-48(59)63-26-25-34(7)22-16-21-33(6)20-15-19-32(5)18-14-17-31(3)4/h11,24,26-33,36,40,50,58-59H,1,12-23,25H2,2-10H3;13,25,27-33,37,41,50,58,60H,2,12,14-24,26H2,1,3-11H3/b34-24?,37-27?,42-30-,44-28?,46-29?,51-49?;. The van der Waals surface area contributed by atoms with Gasteiger partial charge in [0.25, 0.3) is 0 Å². The van der Waals surface area contributed by atoms with Crippen molar-refractivity contribution in [3.05, 3.63) is 233 Å². The normalized spacial score (nSPS) is 23.0. The van der Waals surface area contributed by atoms with E-state index >= 15 is 0 Å². The molecule has 0 amide bonds. The number of aliphatic hydroxyl groups is 2. The predicted molar refractivity (Wildman–Crippen MR) is 515 cm³/mol. The van der Waals surface area contributed by atoms with Crippen molar-refractivity contribution in [2.24, 2.45) is 101 Å². The van der Waals surface area contributed by atoms with Crippen LogP contribution in [0.5, 0.6) is 0 Å². The van der Waals surface area contributed by atoms with E-state index in [4.69, 9.17) is 48.9 Å². The number of nitrogens with zero attached hydrogens (tertiary/aromatic N) is 6. The van der Waals surface area contributed by atoms with Gasteiger partial charge in [-0.2, -0.15) is 0 Å². The topological polar surface area (TPSA) is 261 Å². The quantitative estimate of drug-likeness (QED) is 0.0146. The minimum absolute atomic E-state index is 0.1000. The lowest BCUT2D eigenvalue weighted by Crippen LogP contribution is -2.26. The summed E-state index contributed by atoms with van der Waals surface area (Å²) in [6.45, 7) is 46.1. The van der Waals surface area contributed by atoms with Gasteiger partial charge in [0, 0.05) is 98.3 Å². The van der Waals surface area contributed by atoms with Crippen LogP contribution in [0, 0.1) is 71.0 Å². The van der Waals surface area contributed by atoms with Gasteiger partial charge >= 0.3 is 23.9 Å². The van der Waals surface area contributed by atoms with Gasteiger partial charge in [0.2, 0.25) is 0 Å². The highest BCUT2D eigenvalue weighted by atomic mass is 16.5.